The highest BCUT2D eigenvalue weighted by molar-refractivity contribution is 7.89. The third-order valence-electron chi connectivity index (χ3n) is 3.72. The summed E-state index contributed by atoms with van der Waals surface area (Å²) in [6, 6.07) is 1.73. The zero-order valence-electron chi connectivity index (χ0n) is 11.6. The van der Waals surface area contributed by atoms with Crippen molar-refractivity contribution < 1.29 is 8.42 Å². The lowest BCUT2D eigenvalue weighted by atomic mass is 9.95. The second-order valence-corrected chi connectivity index (χ2v) is 7.08. The third kappa shape index (κ3) is 2.74. The first-order chi connectivity index (χ1) is 8.96. The summed E-state index contributed by atoms with van der Waals surface area (Å²) in [6.07, 6.45) is 4.84. The van der Waals surface area contributed by atoms with Crippen molar-refractivity contribution in [3.8, 4) is 0 Å². The number of nitrogens with one attached hydrogen (secondary N) is 1. The fraction of sp³-hybridized carbons (Fsp3) is 0.615. The molecular formula is C13H21N3O2S. The minimum Gasteiger partial charge on any atom is -0.387 e. The number of hydrogen-bond acceptors (Lipinski definition) is 4. The number of pyridine rings is 1. The standard InChI is InChI=1S/C13H21N3O2S/c1-10-5-7-16(11(2)8-10)19(17,18)13-9-15-6-4-12(13)14-3/h4,6,9-11H,5,7-8H2,1-3H3,(H,14,15). The molecule has 2 unspecified atom stereocenters. The number of hydrogen-bond donors (Lipinski definition) is 1. The molecule has 0 saturated carbocycles. The zero-order chi connectivity index (χ0) is 14.0. The number of aromatic nitrogens is 1. The highest BCUT2D eigenvalue weighted by atomic mass is 32.2. The van der Waals surface area contributed by atoms with Crippen LogP contribution in [0.2, 0.25) is 0 Å². The maximum absolute atomic E-state index is 12.7. The van der Waals surface area contributed by atoms with Gasteiger partial charge in [0.05, 0.1) is 5.69 Å². The number of anilines is 1. The summed E-state index contributed by atoms with van der Waals surface area (Å²) < 4.78 is 27.1. The summed E-state index contributed by atoms with van der Waals surface area (Å²) in [5, 5.41) is 2.92. The SMILES string of the molecule is CNc1ccncc1S(=O)(=O)N1CCC(C)CC1C. The van der Waals surface area contributed by atoms with Gasteiger partial charge in [-0.2, -0.15) is 4.31 Å². The monoisotopic (exact) mass is 283 g/mol. The Hall–Kier alpha value is -1.14. The van der Waals surface area contributed by atoms with E-state index in [0.717, 1.165) is 12.8 Å². The molecule has 1 saturated heterocycles. The van der Waals surface area contributed by atoms with Gasteiger partial charge in [0.25, 0.3) is 0 Å². The second-order valence-electron chi connectivity index (χ2n) is 5.22. The van der Waals surface area contributed by atoms with E-state index in [9.17, 15) is 8.42 Å². The van der Waals surface area contributed by atoms with Gasteiger partial charge in [-0.1, -0.05) is 6.92 Å². The molecule has 0 amide bonds. The van der Waals surface area contributed by atoms with Crippen molar-refractivity contribution in [2.24, 2.45) is 5.92 Å². The van der Waals surface area contributed by atoms with Gasteiger partial charge in [0, 0.05) is 32.0 Å². The molecule has 0 bridgehead atoms. The zero-order valence-corrected chi connectivity index (χ0v) is 12.4. The predicted octanol–water partition coefficient (Wildman–Crippen LogP) is 1.93. The number of nitrogens with zero attached hydrogens (tertiary/aromatic N) is 2. The lowest BCUT2D eigenvalue weighted by Gasteiger charge is -2.35. The first kappa shape index (κ1) is 14.3. The molecule has 0 aliphatic carbocycles. The van der Waals surface area contributed by atoms with E-state index >= 15 is 0 Å². The molecule has 2 rings (SSSR count). The van der Waals surface area contributed by atoms with Crippen molar-refractivity contribution in [3.05, 3.63) is 18.5 Å². The molecule has 1 aromatic heterocycles. The lowest BCUT2D eigenvalue weighted by Crippen LogP contribution is -2.44. The first-order valence-electron chi connectivity index (χ1n) is 6.60. The molecule has 1 aromatic rings. The van der Waals surface area contributed by atoms with Gasteiger partial charge in [0.15, 0.2) is 0 Å². The van der Waals surface area contributed by atoms with Crippen molar-refractivity contribution in [2.75, 3.05) is 18.9 Å². The van der Waals surface area contributed by atoms with Gasteiger partial charge in [-0.15, -0.1) is 0 Å². The number of sulfonamides is 1. The summed E-state index contributed by atoms with van der Waals surface area (Å²) in [6.45, 7) is 4.73. The molecule has 19 heavy (non-hydrogen) atoms. The summed E-state index contributed by atoms with van der Waals surface area (Å²) in [5.74, 6) is 0.583. The molecule has 1 N–H and O–H groups in total. The molecule has 5 nitrogen and oxygen atoms in total. The maximum atomic E-state index is 12.7. The Bertz CT molecular complexity index is 545. The van der Waals surface area contributed by atoms with Crippen LogP contribution in [0.25, 0.3) is 0 Å². The lowest BCUT2D eigenvalue weighted by molar-refractivity contribution is 0.220. The molecule has 0 spiro atoms. The van der Waals surface area contributed by atoms with E-state index in [-0.39, 0.29) is 10.9 Å². The molecule has 1 fully saturated rings. The van der Waals surface area contributed by atoms with E-state index in [4.69, 9.17) is 0 Å². The van der Waals surface area contributed by atoms with Gasteiger partial charge >= 0.3 is 0 Å². The van der Waals surface area contributed by atoms with E-state index in [1.165, 1.54) is 6.20 Å². The van der Waals surface area contributed by atoms with E-state index in [1.54, 1.807) is 23.6 Å². The summed E-state index contributed by atoms with van der Waals surface area (Å²) >= 11 is 0. The Morgan fingerprint density at radius 1 is 1.42 bits per heavy atom. The van der Waals surface area contributed by atoms with Crippen LogP contribution in [0, 0.1) is 5.92 Å². The first-order valence-corrected chi connectivity index (χ1v) is 8.04. The molecular weight excluding hydrogens is 262 g/mol. The van der Waals surface area contributed by atoms with Gasteiger partial charge in [-0.05, 0) is 31.7 Å². The van der Waals surface area contributed by atoms with Crippen LogP contribution in [-0.2, 0) is 10.0 Å². The molecule has 0 radical (unpaired) electrons. The van der Waals surface area contributed by atoms with Gasteiger partial charge < -0.3 is 5.32 Å². The topological polar surface area (TPSA) is 62.3 Å². The number of rotatable bonds is 3. The van der Waals surface area contributed by atoms with Crippen LogP contribution in [0.1, 0.15) is 26.7 Å². The van der Waals surface area contributed by atoms with Crippen LogP contribution in [0.3, 0.4) is 0 Å². The largest absolute Gasteiger partial charge is 0.387 e. The van der Waals surface area contributed by atoms with E-state index in [0.29, 0.717) is 18.2 Å². The molecule has 1 aliphatic rings. The van der Waals surface area contributed by atoms with Gasteiger partial charge in [0.2, 0.25) is 10.0 Å². The Kier molecular flexibility index (Phi) is 4.10. The van der Waals surface area contributed by atoms with Crippen LogP contribution >= 0.6 is 0 Å². The summed E-state index contributed by atoms with van der Waals surface area (Å²) in [5.41, 5.74) is 0.598. The average Bonchev–Trinajstić information content (AvgIpc) is 2.38. The fourth-order valence-electron chi connectivity index (χ4n) is 2.66. The quantitative estimate of drug-likeness (QED) is 0.920. The number of piperidine rings is 1. The predicted molar refractivity (Wildman–Crippen MR) is 75.5 cm³/mol. The molecule has 2 heterocycles. The van der Waals surface area contributed by atoms with E-state index < -0.39 is 10.0 Å². The molecule has 2 atom stereocenters. The molecule has 0 aromatic carbocycles. The Balaban J connectivity index is 2.37. The normalized spacial score (nSPS) is 25.2. The average molecular weight is 283 g/mol. The fourth-order valence-corrected chi connectivity index (χ4v) is 4.46. The smallest absolute Gasteiger partial charge is 0.246 e. The minimum atomic E-state index is -3.47. The third-order valence-corrected chi connectivity index (χ3v) is 5.76. The summed E-state index contributed by atoms with van der Waals surface area (Å²) in [4.78, 5) is 4.21. The Morgan fingerprint density at radius 2 is 2.16 bits per heavy atom. The highest BCUT2D eigenvalue weighted by Gasteiger charge is 2.34. The van der Waals surface area contributed by atoms with Gasteiger partial charge in [0.1, 0.15) is 4.90 Å². The van der Waals surface area contributed by atoms with Crippen LogP contribution in [0.4, 0.5) is 5.69 Å². The van der Waals surface area contributed by atoms with Crippen molar-refractivity contribution in [1.82, 2.24) is 9.29 Å². The van der Waals surface area contributed by atoms with Gasteiger partial charge in [-0.3, -0.25) is 4.98 Å². The van der Waals surface area contributed by atoms with Gasteiger partial charge in [-0.25, -0.2) is 8.42 Å². The minimum absolute atomic E-state index is 0.0404. The van der Waals surface area contributed by atoms with E-state index in [1.807, 2.05) is 6.92 Å². The Morgan fingerprint density at radius 3 is 2.79 bits per heavy atom. The van der Waals surface area contributed by atoms with E-state index in [2.05, 4.69) is 17.2 Å². The highest BCUT2D eigenvalue weighted by Crippen LogP contribution is 2.30. The molecule has 6 heteroatoms. The van der Waals surface area contributed by atoms with Crippen molar-refractivity contribution in [2.45, 2.75) is 37.6 Å². The van der Waals surface area contributed by atoms with Crippen LogP contribution < -0.4 is 5.32 Å². The van der Waals surface area contributed by atoms with Crippen LogP contribution in [0.15, 0.2) is 23.4 Å². The van der Waals surface area contributed by atoms with Crippen molar-refractivity contribution in [3.63, 3.8) is 0 Å². The second kappa shape index (κ2) is 5.46. The van der Waals surface area contributed by atoms with Crippen LogP contribution in [-0.4, -0.2) is 37.3 Å². The molecule has 1 aliphatic heterocycles. The van der Waals surface area contributed by atoms with Crippen molar-refractivity contribution in [1.29, 1.82) is 0 Å². The maximum Gasteiger partial charge on any atom is 0.246 e. The summed E-state index contributed by atoms with van der Waals surface area (Å²) in [7, 11) is -1.75. The molecule has 106 valence electrons. The van der Waals surface area contributed by atoms with Crippen LogP contribution in [0.5, 0.6) is 0 Å². The van der Waals surface area contributed by atoms with Crippen molar-refractivity contribution >= 4 is 15.7 Å². The Labute approximate surface area is 115 Å².